The van der Waals surface area contributed by atoms with E-state index in [9.17, 15) is 14.5 Å². The molecule has 0 bridgehead atoms. The largest absolute Gasteiger partial charge is 0.384 e. The third-order valence-corrected chi connectivity index (χ3v) is 3.40. The van der Waals surface area contributed by atoms with Crippen LogP contribution in [0.3, 0.4) is 0 Å². The second-order valence-electron chi connectivity index (χ2n) is 4.80. The van der Waals surface area contributed by atoms with Gasteiger partial charge in [0.1, 0.15) is 11.5 Å². The number of ether oxygens (including phenoxy) is 1. The molecule has 0 aromatic heterocycles. The molecule has 19 heavy (non-hydrogen) atoms. The number of anilines is 1. The Balaban J connectivity index is 2.23. The highest BCUT2D eigenvalue weighted by molar-refractivity contribution is 5.63. The molecule has 1 aliphatic rings. The minimum Gasteiger partial charge on any atom is -0.384 e. The number of halogens is 1. The Kier molecular flexibility index (Phi) is 4.31. The van der Waals surface area contributed by atoms with E-state index in [1.54, 1.807) is 7.11 Å². The lowest BCUT2D eigenvalue weighted by Gasteiger charge is -2.33. The van der Waals surface area contributed by atoms with Crippen molar-refractivity contribution in [2.45, 2.75) is 12.8 Å². The predicted molar refractivity (Wildman–Crippen MR) is 69.9 cm³/mol. The van der Waals surface area contributed by atoms with E-state index < -0.39 is 10.7 Å². The Labute approximate surface area is 111 Å². The van der Waals surface area contributed by atoms with E-state index in [1.807, 2.05) is 4.90 Å². The van der Waals surface area contributed by atoms with Gasteiger partial charge in [-0.25, -0.2) is 4.39 Å². The van der Waals surface area contributed by atoms with Gasteiger partial charge >= 0.3 is 0 Å². The molecule has 0 N–H and O–H groups in total. The smallest absolute Gasteiger partial charge is 0.295 e. The van der Waals surface area contributed by atoms with E-state index in [4.69, 9.17) is 4.74 Å². The maximum Gasteiger partial charge on any atom is 0.295 e. The molecule has 0 saturated carbocycles. The molecule has 0 aliphatic carbocycles. The number of benzene rings is 1. The first kappa shape index (κ1) is 13.7. The molecule has 5 nitrogen and oxygen atoms in total. The fourth-order valence-corrected chi connectivity index (χ4v) is 2.57. The lowest BCUT2D eigenvalue weighted by molar-refractivity contribution is -0.384. The Morgan fingerprint density at radius 1 is 1.58 bits per heavy atom. The Hall–Kier alpha value is -1.69. The van der Waals surface area contributed by atoms with E-state index in [-0.39, 0.29) is 5.69 Å². The molecule has 0 amide bonds. The molecule has 1 aliphatic heterocycles. The number of methoxy groups -OCH3 is 1. The molecule has 1 aromatic rings. The average molecular weight is 268 g/mol. The molecule has 6 heteroatoms. The zero-order valence-corrected chi connectivity index (χ0v) is 10.8. The van der Waals surface area contributed by atoms with E-state index in [1.165, 1.54) is 12.1 Å². The number of hydrogen-bond donors (Lipinski definition) is 0. The molecule has 0 unspecified atom stereocenters. The molecule has 1 saturated heterocycles. The van der Waals surface area contributed by atoms with Crippen LogP contribution >= 0.6 is 0 Å². The minimum absolute atomic E-state index is 0.168. The molecule has 0 spiro atoms. The maximum absolute atomic E-state index is 13.1. The van der Waals surface area contributed by atoms with Gasteiger partial charge in [-0.2, -0.15) is 0 Å². The highest BCUT2D eigenvalue weighted by atomic mass is 19.1. The van der Waals surface area contributed by atoms with Crippen LogP contribution in [0.15, 0.2) is 18.2 Å². The topological polar surface area (TPSA) is 55.6 Å². The van der Waals surface area contributed by atoms with Gasteiger partial charge in [-0.1, -0.05) is 0 Å². The summed E-state index contributed by atoms with van der Waals surface area (Å²) in [6, 6.07) is 3.74. The van der Waals surface area contributed by atoms with Gasteiger partial charge in [0.2, 0.25) is 0 Å². The first-order valence-electron chi connectivity index (χ1n) is 6.29. The second-order valence-corrected chi connectivity index (χ2v) is 4.80. The zero-order chi connectivity index (χ0) is 13.8. The highest BCUT2D eigenvalue weighted by Gasteiger charge is 2.25. The minimum atomic E-state index is -0.582. The number of nitro groups is 1. The quantitative estimate of drug-likeness (QED) is 0.622. The molecule has 1 atom stereocenters. The van der Waals surface area contributed by atoms with Gasteiger partial charge in [0.05, 0.1) is 17.6 Å². The normalized spacial score (nSPS) is 19.5. The summed E-state index contributed by atoms with van der Waals surface area (Å²) in [6.45, 7) is 2.11. The van der Waals surface area contributed by atoms with Crippen LogP contribution in [0.2, 0.25) is 0 Å². The van der Waals surface area contributed by atoms with Crippen LogP contribution in [0, 0.1) is 21.8 Å². The van der Waals surface area contributed by atoms with Gasteiger partial charge in [-0.3, -0.25) is 10.1 Å². The van der Waals surface area contributed by atoms with Gasteiger partial charge in [0.25, 0.3) is 5.69 Å². The van der Waals surface area contributed by atoms with Gasteiger partial charge in [0, 0.05) is 20.2 Å². The molecule has 1 aromatic carbocycles. The van der Waals surface area contributed by atoms with Crippen molar-refractivity contribution in [3.8, 4) is 0 Å². The third-order valence-electron chi connectivity index (χ3n) is 3.40. The summed E-state index contributed by atoms with van der Waals surface area (Å²) in [7, 11) is 1.65. The monoisotopic (exact) mass is 268 g/mol. The van der Waals surface area contributed by atoms with Crippen LogP contribution in [0.5, 0.6) is 0 Å². The summed E-state index contributed by atoms with van der Waals surface area (Å²) < 4.78 is 18.3. The number of piperidine rings is 1. The summed E-state index contributed by atoms with van der Waals surface area (Å²) in [4.78, 5) is 12.4. The average Bonchev–Trinajstić information content (AvgIpc) is 2.39. The van der Waals surface area contributed by atoms with Gasteiger partial charge in [-0.05, 0) is 30.9 Å². The zero-order valence-electron chi connectivity index (χ0n) is 10.8. The molecule has 2 rings (SSSR count). The van der Waals surface area contributed by atoms with Crippen LogP contribution in [-0.2, 0) is 4.74 Å². The van der Waals surface area contributed by atoms with E-state index in [0.29, 0.717) is 24.8 Å². The van der Waals surface area contributed by atoms with E-state index >= 15 is 0 Å². The van der Waals surface area contributed by atoms with Crippen LogP contribution in [-0.4, -0.2) is 31.7 Å². The standard InChI is InChI=1S/C13H17FN2O3/c1-19-9-10-3-2-6-15(8-10)12-5-4-11(14)7-13(12)16(17)18/h4-5,7,10H,2-3,6,8-9H2,1H3/t10-/m0/s1. The van der Waals surface area contributed by atoms with Crippen molar-refractivity contribution in [3.05, 3.63) is 34.1 Å². The van der Waals surface area contributed by atoms with Gasteiger partial charge in [-0.15, -0.1) is 0 Å². The summed E-state index contributed by atoms with van der Waals surface area (Å²) in [5, 5.41) is 11.0. The lowest BCUT2D eigenvalue weighted by atomic mass is 9.98. The number of nitro benzene ring substituents is 1. The van der Waals surface area contributed by atoms with Crippen LogP contribution in [0.25, 0.3) is 0 Å². The van der Waals surface area contributed by atoms with Crippen LogP contribution in [0.1, 0.15) is 12.8 Å². The molecule has 1 fully saturated rings. The molecule has 0 radical (unpaired) electrons. The van der Waals surface area contributed by atoms with Crippen LogP contribution < -0.4 is 4.90 Å². The number of hydrogen-bond acceptors (Lipinski definition) is 4. The van der Waals surface area contributed by atoms with Crippen molar-refractivity contribution >= 4 is 11.4 Å². The molecule has 104 valence electrons. The van der Waals surface area contributed by atoms with Crippen molar-refractivity contribution in [1.82, 2.24) is 0 Å². The van der Waals surface area contributed by atoms with Crippen molar-refractivity contribution in [2.75, 3.05) is 31.7 Å². The highest BCUT2D eigenvalue weighted by Crippen LogP contribution is 2.32. The predicted octanol–water partition coefficient (Wildman–Crippen LogP) is 2.60. The third kappa shape index (κ3) is 3.20. The maximum atomic E-state index is 13.1. The number of nitrogens with zero attached hydrogens (tertiary/aromatic N) is 2. The van der Waals surface area contributed by atoms with Crippen molar-refractivity contribution in [1.29, 1.82) is 0 Å². The summed E-state index contributed by atoms with van der Waals surface area (Å²) >= 11 is 0. The summed E-state index contributed by atoms with van der Waals surface area (Å²) in [5.74, 6) is -0.218. The van der Waals surface area contributed by atoms with Crippen molar-refractivity contribution in [2.24, 2.45) is 5.92 Å². The Bertz CT molecular complexity index is 465. The number of rotatable bonds is 4. The Morgan fingerprint density at radius 3 is 3.05 bits per heavy atom. The van der Waals surface area contributed by atoms with Crippen molar-refractivity contribution in [3.63, 3.8) is 0 Å². The summed E-state index contributed by atoms with van der Waals surface area (Å²) in [6.07, 6.45) is 2.02. The lowest BCUT2D eigenvalue weighted by Crippen LogP contribution is -2.37. The van der Waals surface area contributed by atoms with E-state index in [0.717, 1.165) is 25.5 Å². The fraction of sp³-hybridized carbons (Fsp3) is 0.538. The van der Waals surface area contributed by atoms with Crippen LogP contribution in [0.4, 0.5) is 15.8 Å². The van der Waals surface area contributed by atoms with Crippen molar-refractivity contribution < 1.29 is 14.1 Å². The first-order valence-corrected chi connectivity index (χ1v) is 6.29. The molecule has 1 heterocycles. The molecular formula is C13H17FN2O3. The summed E-state index contributed by atoms with van der Waals surface area (Å²) in [5.41, 5.74) is 0.324. The van der Waals surface area contributed by atoms with Gasteiger partial charge in [0.15, 0.2) is 0 Å². The molecular weight excluding hydrogens is 251 g/mol. The second kappa shape index (κ2) is 5.97. The van der Waals surface area contributed by atoms with E-state index in [2.05, 4.69) is 0 Å². The SMILES string of the molecule is COC[C@H]1CCCN(c2ccc(F)cc2[N+](=O)[O-])C1. The fourth-order valence-electron chi connectivity index (χ4n) is 2.57. The van der Waals surface area contributed by atoms with Gasteiger partial charge < -0.3 is 9.64 Å². The first-order chi connectivity index (χ1) is 9.11. The Morgan fingerprint density at radius 2 is 2.37 bits per heavy atom.